The van der Waals surface area contributed by atoms with Crippen molar-refractivity contribution in [2.45, 2.75) is 58.3 Å². The number of carboxylic acid groups (broad SMARTS) is 1. The van der Waals surface area contributed by atoms with Gasteiger partial charge in [0.25, 0.3) is 0 Å². The maximum absolute atomic E-state index is 10.3. The highest BCUT2D eigenvalue weighted by Crippen LogP contribution is 2.11. The number of aryl methyl sites for hydroxylation is 2. The van der Waals surface area contributed by atoms with Gasteiger partial charge in [-0.15, -0.1) is 0 Å². The van der Waals surface area contributed by atoms with Crippen molar-refractivity contribution in [2.75, 3.05) is 0 Å². The molecule has 0 aliphatic carbocycles. The minimum Gasteiger partial charge on any atom is -0.481 e. The van der Waals surface area contributed by atoms with Gasteiger partial charge in [0.05, 0.1) is 0 Å². The molecule has 0 aromatic carbocycles. The van der Waals surface area contributed by atoms with Crippen LogP contribution >= 0.6 is 0 Å². The number of pyridine rings is 1. The molecule has 1 rings (SSSR count). The third-order valence-electron chi connectivity index (χ3n) is 3.69. The Morgan fingerprint density at radius 3 is 2.47 bits per heavy atom. The van der Waals surface area contributed by atoms with Crippen LogP contribution in [0.2, 0.25) is 0 Å². The monoisotopic (exact) mass is 264 g/mol. The second kappa shape index (κ2) is 8.68. The van der Waals surface area contributed by atoms with E-state index in [-0.39, 0.29) is 0 Å². The molecular formula is C16H26NO2+. The van der Waals surface area contributed by atoms with E-state index in [0.717, 1.165) is 25.7 Å². The normalized spacial score (nSPS) is 10.6. The van der Waals surface area contributed by atoms with E-state index in [9.17, 15) is 4.79 Å². The van der Waals surface area contributed by atoms with Crippen LogP contribution in [0.1, 0.15) is 56.2 Å². The summed E-state index contributed by atoms with van der Waals surface area (Å²) in [6, 6.07) is 4.32. The predicted molar refractivity (Wildman–Crippen MR) is 76.0 cm³/mol. The molecule has 0 atom stereocenters. The Balaban J connectivity index is 2.08. The minimum atomic E-state index is -0.674. The Kier molecular flexibility index (Phi) is 7.16. The summed E-state index contributed by atoms with van der Waals surface area (Å²) in [5.74, 6) is -0.674. The third-order valence-corrected chi connectivity index (χ3v) is 3.69. The molecule has 0 unspecified atom stereocenters. The minimum absolute atomic E-state index is 0.319. The Labute approximate surface area is 116 Å². The van der Waals surface area contributed by atoms with Crippen LogP contribution < -0.4 is 4.57 Å². The molecule has 0 radical (unpaired) electrons. The molecule has 0 spiro atoms. The fourth-order valence-corrected chi connectivity index (χ4v) is 2.31. The Hall–Kier alpha value is -1.38. The highest BCUT2D eigenvalue weighted by atomic mass is 16.4. The van der Waals surface area contributed by atoms with E-state index in [1.165, 1.54) is 30.5 Å². The zero-order valence-corrected chi connectivity index (χ0v) is 12.2. The molecule has 0 saturated heterocycles. The molecule has 0 saturated carbocycles. The topological polar surface area (TPSA) is 41.2 Å². The lowest BCUT2D eigenvalue weighted by molar-refractivity contribution is -0.678. The summed E-state index contributed by atoms with van der Waals surface area (Å²) in [7, 11) is 2.08. The Bertz CT molecular complexity index is 402. The molecule has 3 heteroatoms. The van der Waals surface area contributed by atoms with Crippen LogP contribution in [0.3, 0.4) is 0 Å². The number of carboxylic acids is 1. The highest BCUT2D eigenvalue weighted by Gasteiger charge is 2.06. The van der Waals surface area contributed by atoms with Crippen molar-refractivity contribution < 1.29 is 14.5 Å². The smallest absolute Gasteiger partial charge is 0.303 e. The Morgan fingerprint density at radius 1 is 1.16 bits per heavy atom. The number of hydrogen-bond acceptors (Lipinski definition) is 1. The van der Waals surface area contributed by atoms with Crippen LogP contribution in [-0.2, 0) is 18.3 Å². The first kappa shape index (κ1) is 15.7. The maximum Gasteiger partial charge on any atom is 0.303 e. The number of rotatable bonds is 9. The molecule has 1 aromatic rings. The molecule has 0 fully saturated rings. The number of unbranched alkanes of at least 4 members (excludes halogenated alkanes) is 5. The summed E-state index contributed by atoms with van der Waals surface area (Å²) in [5, 5.41) is 8.53. The van der Waals surface area contributed by atoms with Gasteiger partial charge in [-0.05, 0) is 25.3 Å². The molecule has 0 amide bonds. The second-order valence-corrected chi connectivity index (χ2v) is 5.24. The zero-order chi connectivity index (χ0) is 14.1. The van der Waals surface area contributed by atoms with E-state index in [1.54, 1.807) is 0 Å². The fourth-order valence-electron chi connectivity index (χ4n) is 2.31. The number of carbonyl (C=O) groups is 1. The maximum atomic E-state index is 10.3. The number of aliphatic carboxylic acids is 1. The number of aromatic nitrogens is 1. The summed E-state index contributed by atoms with van der Waals surface area (Å²) in [5.41, 5.74) is 2.79. The fraction of sp³-hybridized carbons (Fsp3) is 0.625. The van der Waals surface area contributed by atoms with E-state index in [4.69, 9.17) is 5.11 Å². The quantitative estimate of drug-likeness (QED) is 0.550. The van der Waals surface area contributed by atoms with Gasteiger partial charge < -0.3 is 5.11 Å². The van der Waals surface area contributed by atoms with Crippen LogP contribution in [0, 0.1) is 6.92 Å². The van der Waals surface area contributed by atoms with Crippen molar-refractivity contribution in [3.05, 3.63) is 29.6 Å². The lowest BCUT2D eigenvalue weighted by Gasteiger charge is -2.04. The van der Waals surface area contributed by atoms with Crippen LogP contribution in [0.15, 0.2) is 18.3 Å². The van der Waals surface area contributed by atoms with Gasteiger partial charge in [-0.1, -0.05) is 25.7 Å². The second-order valence-electron chi connectivity index (χ2n) is 5.24. The van der Waals surface area contributed by atoms with E-state index in [1.807, 2.05) is 0 Å². The van der Waals surface area contributed by atoms with Crippen molar-refractivity contribution in [2.24, 2.45) is 7.05 Å². The van der Waals surface area contributed by atoms with Gasteiger partial charge in [0.1, 0.15) is 7.05 Å². The van der Waals surface area contributed by atoms with Crippen LogP contribution in [0.25, 0.3) is 0 Å². The van der Waals surface area contributed by atoms with E-state index < -0.39 is 5.97 Å². The first-order chi connectivity index (χ1) is 9.11. The molecule has 1 N–H and O–H groups in total. The molecule has 0 aliphatic heterocycles. The Morgan fingerprint density at radius 2 is 1.79 bits per heavy atom. The van der Waals surface area contributed by atoms with Gasteiger partial charge in [-0.25, -0.2) is 4.57 Å². The van der Waals surface area contributed by atoms with Gasteiger partial charge in [0.2, 0.25) is 0 Å². The van der Waals surface area contributed by atoms with Gasteiger partial charge in [0.15, 0.2) is 11.9 Å². The van der Waals surface area contributed by atoms with E-state index in [0.29, 0.717) is 6.42 Å². The molecule has 19 heavy (non-hydrogen) atoms. The first-order valence-corrected chi connectivity index (χ1v) is 7.27. The molecule has 1 aromatic heterocycles. The summed E-state index contributed by atoms with van der Waals surface area (Å²) < 4.78 is 2.17. The molecule has 106 valence electrons. The largest absolute Gasteiger partial charge is 0.481 e. The van der Waals surface area contributed by atoms with Gasteiger partial charge in [-0.2, -0.15) is 0 Å². The highest BCUT2D eigenvalue weighted by molar-refractivity contribution is 5.66. The molecule has 0 bridgehead atoms. The number of hydrogen-bond donors (Lipinski definition) is 1. The van der Waals surface area contributed by atoms with Crippen molar-refractivity contribution >= 4 is 5.97 Å². The summed E-state index contributed by atoms with van der Waals surface area (Å²) in [4.78, 5) is 10.3. The average Bonchev–Trinajstić information content (AvgIpc) is 2.37. The van der Waals surface area contributed by atoms with Crippen molar-refractivity contribution in [3.63, 3.8) is 0 Å². The van der Waals surface area contributed by atoms with Crippen molar-refractivity contribution in [1.82, 2.24) is 0 Å². The zero-order valence-electron chi connectivity index (χ0n) is 12.2. The van der Waals surface area contributed by atoms with Crippen molar-refractivity contribution in [3.8, 4) is 0 Å². The summed E-state index contributed by atoms with van der Waals surface area (Å²) in [6.07, 6.45) is 10.3. The summed E-state index contributed by atoms with van der Waals surface area (Å²) in [6.45, 7) is 2.17. The third kappa shape index (κ3) is 6.37. The summed E-state index contributed by atoms with van der Waals surface area (Å²) >= 11 is 0. The van der Waals surface area contributed by atoms with Crippen LogP contribution in [-0.4, -0.2) is 11.1 Å². The molecular weight excluding hydrogens is 238 g/mol. The van der Waals surface area contributed by atoms with Crippen LogP contribution in [0.5, 0.6) is 0 Å². The SMILES string of the molecule is Cc1c(CCCCCCCCC(=O)O)ccc[n+]1C. The molecule has 3 nitrogen and oxygen atoms in total. The predicted octanol–water partition coefficient (Wildman–Crippen LogP) is 3.18. The molecule has 1 heterocycles. The average molecular weight is 264 g/mol. The van der Waals surface area contributed by atoms with Crippen molar-refractivity contribution in [1.29, 1.82) is 0 Å². The van der Waals surface area contributed by atoms with Gasteiger partial charge >= 0.3 is 5.97 Å². The van der Waals surface area contributed by atoms with Gasteiger partial charge in [-0.3, -0.25) is 4.79 Å². The van der Waals surface area contributed by atoms with E-state index >= 15 is 0 Å². The van der Waals surface area contributed by atoms with Gasteiger partial charge in [0, 0.05) is 25.0 Å². The molecule has 0 aliphatic rings. The first-order valence-electron chi connectivity index (χ1n) is 7.27. The lowest BCUT2D eigenvalue weighted by atomic mass is 10.0. The van der Waals surface area contributed by atoms with Crippen LogP contribution in [0.4, 0.5) is 0 Å². The van der Waals surface area contributed by atoms with E-state index in [2.05, 4.69) is 36.9 Å². The standard InChI is InChI=1S/C16H25NO2/c1-14-15(11-9-13-17(14)2)10-7-5-3-4-6-8-12-16(18)19/h9,11,13H,3-8,10,12H2,1-2H3/p+1. The lowest BCUT2D eigenvalue weighted by Crippen LogP contribution is -2.32. The number of nitrogens with zero attached hydrogens (tertiary/aromatic N) is 1.